The van der Waals surface area contributed by atoms with Gasteiger partial charge in [-0.25, -0.2) is 0 Å². The standard InChI is InChI=1S/C18H16N2O2S/c1-12-8-9-15(13(2)10-12)16(21)11-23-18-20-19-17(22-18)14-6-4-3-5-7-14/h3-10H,11H2,1-2H3. The maximum Gasteiger partial charge on any atom is 0.277 e. The molecular weight excluding hydrogens is 308 g/mol. The van der Waals surface area contributed by atoms with Gasteiger partial charge in [-0.1, -0.05) is 53.7 Å². The van der Waals surface area contributed by atoms with Crippen molar-refractivity contribution in [1.82, 2.24) is 10.2 Å². The van der Waals surface area contributed by atoms with E-state index in [0.29, 0.717) is 11.1 Å². The smallest absolute Gasteiger partial charge is 0.277 e. The van der Waals surface area contributed by atoms with E-state index in [-0.39, 0.29) is 11.5 Å². The highest BCUT2D eigenvalue weighted by molar-refractivity contribution is 7.99. The van der Waals surface area contributed by atoms with E-state index in [9.17, 15) is 4.79 Å². The van der Waals surface area contributed by atoms with Gasteiger partial charge in [0.1, 0.15) is 0 Å². The molecule has 0 atom stereocenters. The molecule has 1 heterocycles. The molecule has 0 N–H and O–H groups in total. The number of aryl methyl sites for hydroxylation is 2. The summed E-state index contributed by atoms with van der Waals surface area (Å²) >= 11 is 1.26. The molecule has 0 spiro atoms. The lowest BCUT2D eigenvalue weighted by Gasteiger charge is -2.04. The predicted molar refractivity (Wildman–Crippen MR) is 90.7 cm³/mol. The summed E-state index contributed by atoms with van der Waals surface area (Å²) in [4.78, 5) is 12.3. The average Bonchev–Trinajstić information content (AvgIpc) is 3.02. The second-order valence-corrected chi connectivity index (χ2v) is 6.20. The Labute approximate surface area is 138 Å². The Morgan fingerprint density at radius 1 is 1.09 bits per heavy atom. The second kappa shape index (κ2) is 6.79. The Kier molecular flexibility index (Phi) is 4.57. The van der Waals surface area contributed by atoms with Crippen molar-refractivity contribution >= 4 is 17.5 Å². The third-order valence-corrected chi connectivity index (χ3v) is 4.25. The molecule has 0 fully saturated rings. The lowest BCUT2D eigenvalue weighted by molar-refractivity contribution is 0.102. The zero-order valence-electron chi connectivity index (χ0n) is 12.9. The van der Waals surface area contributed by atoms with Gasteiger partial charge in [-0.3, -0.25) is 4.79 Å². The van der Waals surface area contributed by atoms with Crippen LogP contribution in [0, 0.1) is 13.8 Å². The largest absolute Gasteiger partial charge is 0.411 e. The number of rotatable bonds is 5. The normalized spacial score (nSPS) is 10.7. The van der Waals surface area contributed by atoms with E-state index in [2.05, 4.69) is 10.2 Å². The molecule has 1 aromatic heterocycles. The molecule has 0 aliphatic rings. The van der Waals surface area contributed by atoms with E-state index in [0.717, 1.165) is 22.3 Å². The molecule has 0 aliphatic carbocycles. The number of carbonyl (C=O) groups excluding carboxylic acids is 1. The van der Waals surface area contributed by atoms with Gasteiger partial charge in [-0.15, -0.1) is 10.2 Å². The van der Waals surface area contributed by atoms with Crippen molar-refractivity contribution in [2.45, 2.75) is 19.1 Å². The Morgan fingerprint density at radius 3 is 2.61 bits per heavy atom. The van der Waals surface area contributed by atoms with E-state index in [4.69, 9.17) is 4.42 Å². The molecule has 0 saturated carbocycles. The number of Topliss-reactive ketones (excluding diaryl/α,β-unsaturated/α-hetero) is 1. The summed E-state index contributed by atoms with van der Waals surface area (Å²) in [6.45, 7) is 3.96. The van der Waals surface area contributed by atoms with Crippen molar-refractivity contribution in [3.8, 4) is 11.5 Å². The van der Waals surface area contributed by atoms with Crippen LogP contribution in [0.5, 0.6) is 0 Å². The minimum atomic E-state index is 0.0620. The number of carbonyl (C=O) groups is 1. The van der Waals surface area contributed by atoms with Gasteiger partial charge in [0.2, 0.25) is 5.89 Å². The third-order valence-electron chi connectivity index (χ3n) is 3.44. The fraction of sp³-hybridized carbons (Fsp3) is 0.167. The molecule has 2 aromatic carbocycles. The van der Waals surface area contributed by atoms with E-state index in [1.807, 2.05) is 62.4 Å². The summed E-state index contributed by atoms with van der Waals surface area (Å²) in [5, 5.41) is 8.41. The van der Waals surface area contributed by atoms with Gasteiger partial charge >= 0.3 is 0 Å². The lowest BCUT2D eigenvalue weighted by Crippen LogP contribution is -2.04. The van der Waals surface area contributed by atoms with Gasteiger partial charge in [0.25, 0.3) is 5.22 Å². The molecule has 0 bridgehead atoms. The molecule has 0 amide bonds. The summed E-state index contributed by atoms with van der Waals surface area (Å²) in [7, 11) is 0. The number of hydrogen-bond acceptors (Lipinski definition) is 5. The van der Waals surface area contributed by atoms with Crippen molar-refractivity contribution in [1.29, 1.82) is 0 Å². The van der Waals surface area contributed by atoms with E-state index in [1.165, 1.54) is 11.8 Å². The number of aromatic nitrogens is 2. The van der Waals surface area contributed by atoms with E-state index >= 15 is 0 Å². The van der Waals surface area contributed by atoms with Crippen LogP contribution in [-0.4, -0.2) is 21.7 Å². The quantitative estimate of drug-likeness (QED) is 0.516. The number of benzene rings is 2. The molecular formula is C18H16N2O2S. The fourth-order valence-corrected chi connectivity index (χ4v) is 2.94. The van der Waals surface area contributed by atoms with Gasteiger partial charge < -0.3 is 4.42 Å². The topological polar surface area (TPSA) is 56.0 Å². The highest BCUT2D eigenvalue weighted by atomic mass is 32.2. The van der Waals surface area contributed by atoms with Crippen LogP contribution in [0.2, 0.25) is 0 Å². The fourth-order valence-electron chi connectivity index (χ4n) is 2.30. The minimum Gasteiger partial charge on any atom is -0.411 e. The van der Waals surface area contributed by atoms with Gasteiger partial charge in [0.15, 0.2) is 5.78 Å². The molecule has 0 aliphatic heterocycles. The minimum absolute atomic E-state index is 0.0620. The number of nitrogens with zero attached hydrogens (tertiary/aromatic N) is 2. The zero-order valence-corrected chi connectivity index (χ0v) is 13.8. The summed E-state index contributed by atoms with van der Waals surface area (Å²) < 4.78 is 5.59. The SMILES string of the molecule is Cc1ccc(C(=O)CSc2nnc(-c3ccccc3)o2)c(C)c1. The van der Waals surface area contributed by atoms with Gasteiger partial charge in [0, 0.05) is 11.1 Å². The zero-order chi connectivity index (χ0) is 16.2. The molecule has 0 radical (unpaired) electrons. The first-order chi connectivity index (χ1) is 11.1. The molecule has 116 valence electrons. The van der Waals surface area contributed by atoms with Gasteiger partial charge in [-0.05, 0) is 31.5 Å². The molecule has 23 heavy (non-hydrogen) atoms. The first-order valence-electron chi connectivity index (χ1n) is 7.25. The number of hydrogen-bond donors (Lipinski definition) is 0. The molecule has 5 heteroatoms. The predicted octanol–water partition coefficient (Wildman–Crippen LogP) is 4.33. The van der Waals surface area contributed by atoms with E-state index in [1.54, 1.807) is 0 Å². The summed E-state index contributed by atoms with van der Waals surface area (Å²) in [6.07, 6.45) is 0. The van der Waals surface area contributed by atoms with Crippen molar-refractivity contribution in [3.05, 3.63) is 65.2 Å². The Balaban J connectivity index is 1.67. The maximum absolute atomic E-state index is 12.3. The van der Waals surface area contributed by atoms with Crippen molar-refractivity contribution < 1.29 is 9.21 Å². The van der Waals surface area contributed by atoms with Crippen LogP contribution >= 0.6 is 11.8 Å². The third kappa shape index (κ3) is 3.68. The highest BCUT2D eigenvalue weighted by Crippen LogP contribution is 2.24. The van der Waals surface area contributed by atoms with Crippen LogP contribution in [0.1, 0.15) is 21.5 Å². The summed E-state index contributed by atoms with van der Waals surface area (Å²) in [6, 6.07) is 15.4. The van der Waals surface area contributed by atoms with Crippen LogP contribution in [0.4, 0.5) is 0 Å². The Morgan fingerprint density at radius 2 is 1.87 bits per heavy atom. The Bertz CT molecular complexity index is 828. The first kappa shape index (κ1) is 15.5. The molecule has 0 saturated heterocycles. The van der Waals surface area contributed by atoms with Crippen molar-refractivity contribution in [2.24, 2.45) is 0 Å². The van der Waals surface area contributed by atoms with Crippen LogP contribution in [-0.2, 0) is 0 Å². The second-order valence-electron chi connectivity index (χ2n) is 5.27. The van der Waals surface area contributed by atoms with Gasteiger partial charge in [-0.2, -0.15) is 0 Å². The summed E-state index contributed by atoms with van der Waals surface area (Å²) in [5.41, 5.74) is 3.75. The van der Waals surface area contributed by atoms with E-state index < -0.39 is 0 Å². The van der Waals surface area contributed by atoms with Crippen molar-refractivity contribution in [2.75, 3.05) is 5.75 Å². The van der Waals surface area contributed by atoms with Gasteiger partial charge in [0.05, 0.1) is 5.75 Å². The van der Waals surface area contributed by atoms with Crippen LogP contribution < -0.4 is 0 Å². The highest BCUT2D eigenvalue weighted by Gasteiger charge is 2.13. The van der Waals surface area contributed by atoms with Crippen LogP contribution in [0.25, 0.3) is 11.5 Å². The monoisotopic (exact) mass is 324 g/mol. The number of ketones is 1. The average molecular weight is 324 g/mol. The molecule has 3 rings (SSSR count). The molecule has 0 unspecified atom stereocenters. The van der Waals surface area contributed by atoms with Crippen LogP contribution in [0.3, 0.4) is 0 Å². The summed E-state index contributed by atoms with van der Waals surface area (Å²) in [5.74, 6) is 0.805. The van der Waals surface area contributed by atoms with Crippen molar-refractivity contribution in [3.63, 3.8) is 0 Å². The lowest BCUT2D eigenvalue weighted by atomic mass is 10.0. The number of thioether (sulfide) groups is 1. The maximum atomic E-state index is 12.3. The molecule has 4 nitrogen and oxygen atoms in total. The first-order valence-corrected chi connectivity index (χ1v) is 8.24. The Hall–Kier alpha value is -2.40. The molecule has 3 aromatic rings. The van der Waals surface area contributed by atoms with Crippen LogP contribution in [0.15, 0.2) is 58.2 Å².